The highest BCUT2D eigenvalue weighted by atomic mass is 16.3. The number of hydrogen-bond acceptors (Lipinski definition) is 4. The summed E-state index contributed by atoms with van der Waals surface area (Å²) >= 11 is 0. The highest BCUT2D eigenvalue weighted by Gasteiger charge is 2.21. The second-order valence-electron chi connectivity index (χ2n) is 5.03. The van der Waals surface area contributed by atoms with E-state index in [1.807, 2.05) is 34.6 Å². The van der Waals surface area contributed by atoms with Crippen LogP contribution in [0.25, 0.3) is 0 Å². The van der Waals surface area contributed by atoms with Crippen molar-refractivity contribution in [3.63, 3.8) is 0 Å². The minimum atomic E-state index is 0.0294. The quantitative estimate of drug-likeness (QED) is 0.794. The van der Waals surface area contributed by atoms with Crippen molar-refractivity contribution < 1.29 is 9.21 Å². The molecule has 0 amide bonds. The number of hydrogen-bond donors (Lipinski definition) is 0. The van der Waals surface area contributed by atoms with E-state index in [9.17, 15) is 4.79 Å². The standard InChI is InChI=1S/C14H19N3O2/c1-8(2)17-13(15-7-16-17)6-12(18)14-9(3)10(4)19-11(14)5/h7-8H,6H2,1-5H3. The summed E-state index contributed by atoms with van der Waals surface area (Å²) in [5, 5.41) is 4.14. The average Bonchev–Trinajstić information content (AvgIpc) is 2.85. The van der Waals surface area contributed by atoms with Gasteiger partial charge in [0.1, 0.15) is 23.7 Å². The van der Waals surface area contributed by atoms with Gasteiger partial charge in [0.15, 0.2) is 5.78 Å². The second-order valence-corrected chi connectivity index (χ2v) is 5.03. The number of rotatable bonds is 4. The lowest BCUT2D eigenvalue weighted by atomic mass is 10.0. The third-order valence-electron chi connectivity index (χ3n) is 3.30. The van der Waals surface area contributed by atoms with E-state index in [1.165, 1.54) is 6.33 Å². The van der Waals surface area contributed by atoms with Crippen LogP contribution in [-0.4, -0.2) is 20.5 Å². The van der Waals surface area contributed by atoms with Crippen molar-refractivity contribution in [2.24, 2.45) is 0 Å². The van der Waals surface area contributed by atoms with E-state index in [1.54, 1.807) is 4.68 Å². The molecular weight excluding hydrogens is 242 g/mol. The fourth-order valence-corrected chi connectivity index (χ4v) is 2.27. The van der Waals surface area contributed by atoms with Crippen LogP contribution in [0, 0.1) is 20.8 Å². The van der Waals surface area contributed by atoms with Crippen LogP contribution in [0.5, 0.6) is 0 Å². The lowest BCUT2D eigenvalue weighted by Crippen LogP contribution is -2.14. The zero-order valence-corrected chi connectivity index (χ0v) is 12.0. The number of furan rings is 1. The van der Waals surface area contributed by atoms with Gasteiger partial charge in [-0.05, 0) is 34.6 Å². The molecule has 2 rings (SSSR count). The van der Waals surface area contributed by atoms with Crippen molar-refractivity contribution in [3.8, 4) is 0 Å². The molecule has 0 unspecified atom stereocenters. The Balaban J connectivity index is 2.29. The van der Waals surface area contributed by atoms with Gasteiger partial charge in [-0.2, -0.15) is 5.10 Å². The predicted octanol–water partition coefficient (Wildman–Crippen LogP) is 2.80. The van der Waals surface area contributed by atoms with Crippen LogP contribution in [0.1, 0.15) is 53.2 Å². The highest BCUT2D eigenvalue weighted by Crippen LogP contribution is 2.22. The molecule has 0 spiro atoms. The summed E-state index contributed by atoms with van der Waals surface area (Å²) < 4.78 is 7.27. The minimum Gasteiger partial charge on any atom is -0.466 e. The molecule has 0 saturated carbocycles. The van der Waals surface area contributed by atoms with Crippen LogP contribution in [0.3, 0.4) is 0 Å². The number of nitrogens with zero attached hydrogens (tertiary/aromatic N) is 3. The fourth-order valence-electron chi connectivity index (χ4n) is 2.27. The van der Waals surface area contributed by atoms with E-state index < -0.39 is 0 Å². The van der Waals surface area contributed by atoms with E-state index in [2.05, 4.69) is 10.1 Å². The van der Waals surface area contributed by atoms with Gasteiger partial charge < -0.3 is 4.42 Å². The summed E-state index contributed by atoms with van der Waals surface area (Å²) in [7, 11) is 0. The molecule has 102 valence electrons. The summed E-state index contributed by atoms with van der Waals surface area (Å²) in [6, 6.07) is 0.193. The minimum absolute atomic E-state index is 0.0294. The number of carbonyl (C=O) groups is 1. The molecule has 2 heterocycles. The van der Waals surface area contributed by atoms with Gasteiger partial charge in [0.05, 0.1) is 12.0 Å². The lowest BCUT2D eigenvalue weighted by Gasteiger charge is -2.08. The summed E-state index contributed by atoms with van der Waals surface area (Å²) in [5.41, 5.74) is 1.59. The van der Waals surface area contributed by atoms with Crippen LogP contribution >= 0.6 is 0 Å². The van der Waals surface area contributed by atoms with E-state index >= 15 is 0 Å². The first-order valence-corrected chi connectivity index (χ1v) is 6.40. The Hall–Kier alpha value is -1.91. The Labute approximate surface area is 112 Å². The van der Waals surface area contributed by atoms with Gasteiger partial charge in [0, 0.05) is 11.6 Å². The largest absolute Gasteiger partial charge is 0.466 e. The molecule has 2 aromatic rings. The van der Waals surface area contributed by atoms with Gasteiger partial charge in [-0.25, -0.2) is 9.67 Å². The smallest absolute Gasteiger partial charge is 0.174 e. The van der Waals surface area contributed by atoms with Crippen LogP contribution in [-0.2, 0) is 6.42 Å². The van der Waals surface area contributed by atoms with Crippen LogP contribution in [0.2, 0.25) is 0 Å². The third kappa shape index (κ3) is 2.45. The van der Waals surface area contributed by atoms with E-state index in [0.717, 1.165) is 11.3 Å². The summed E-state index contributed by atoms with van der Waals surface area (Å²) in [6.07, 6.45) is 1.74. The molecule has 5 nitrogen and oxygen atoms in total. The van der Waals surface area contributed by atoms with Gasteiger partial charge in [-0.15, -0.1) is 0 Å². The van der Waals surface area contributed by atoms with Crippen LogP contribution < -0.4 is 0 Å². The Morgan fingerprint density at radius 2 is 2.00 bits per heavy atom. The summed E-state index contributed by atoms with van der Waals surface area (Å²) in [6.45, 7) is 9.63. The fraction of sp³-hybridized carbons (Fsp3) is 0.500. The van der Waals surface area contributed by atoms with Crippen LogP contribution in [0.4, 0.5) is 0 Å². The number of Topliss-reactive ketones (excluding diaryl/α,β-unsaturated/α-hetero) is 1. The molecule has 5 heteroatoms. The van der Waals surface area contributed by atoms with E-state index in [4.69, 9.17) is 4.42 Å². The predicted molar refractivity (Wildman–Crippen MR) is 71.4 cm³/mol. The van der Waals surface area contributed by atoms with Gasteiger partial charge in [0.2, 0.25) is 0 Å². The first-order valence-electron chi connectivity index (χ1n) is 6.40. The molecule has 0 aliphatic rings. The van der Waals surface area contributed by atoms with Crippen molar-refractivity contribution in [1.29, 1.82) is 0 Å². The molecule has 0 atom stereocenters. The maximum atomic E-state index is 12.4. The Morgan fingerprint density at radius 1 is 1.32 bits per heavy atom. The maximum Gasteiger partial charge on any atom is 0.174 e. The maximum absolute atomic E-state index is 12.4. The van der Waals surface area contributed by atoms with Crippen molar-refractivity contribution in [2.45, 2.75) is 47.1 Å². The van der Waals surface area contributed by atoms with Crippen LogP contribution in [0.15, 0.2) is 10.7 Å². The van der Waals surface area contributed by atoms with Crippen molar-refractivity contribution in [3.05, 3.63) is 34.8 Å². The number of aromatic nitrogens is 3. The number of ketones is 1. The monoisotopic (exact) mass is 261 g/mol. The molecule has 0 radical (unpaired) electrons. The van der Waals surface area contributed by atoms with Gasteiger partial charge in [-0.1, -0.05) is 0 Å². The molecule has 0 aliphatic carbocycles. The molecule has 19 heavy (non-hydrogen) atoms. The molecule has 0 fully saturated rings. The zero-order chi connectivity index (χ0) is 14.2. The normalized spacial score (nSPS) is 11.3. The zero-order valence-electron chi connectivity index (χ0n) is 12.0. The summed E-state index contributed by atoms with van der Waals surface area (Å²) in [5.74, 6) is 2.20. The van der Waals surface area contributed by atoms with Crippen molar-refractivity contribution in [1.82, 2.24) is 14.8 Å². The lowest BCUT2D eigenvalue weighted by molar-refractivity contribution is 0.0987. The first kappa shape index (κ1) is 13.5. The Bertz CT molecular complexity index is 608. The molecule has 0 aromatic carbocycles. The third-order valence-corrected chi connectivity index (χ3v) is 3.30. The van der Waals surface area contributed by atoms with E-state index in [0.29, 0.717) is 17.1 Å². The molecular formula is C14H19N3O2. The average molecular weight is 261 g/mol. The number of aryl methyl sites for hydroxylation is 2. The number of carbonyl (C=O) groups excluding carboxylic acids is 1. The van der Waals surface area contributed by atoms with E-state index in [-0.39, 0.29) is 18.2 Å². The molecule has 0 saturated heterocycles. The summed E-state index contributed by atoms with van der Waals surface area (Å²) in [4.78, 5) is 16.6. The topological polar surface area (TPSA) is 60.9 Å². The molecule has 0 aliphatic heterocycles. The first-order chi connectivity index (χ1) is 8.91. The second kappa shape index (κ2) is 4.99. The Morgan fingerprint density at radius 3 is 2.53 bits per heavy atom. The Kier molecular flexibility index (Phi) is 3.55. The molecule has 0 bridgehead atoms. The molecule has 0 N–H and O–H groups in total. The molecule has 2 aromatic heterocycles. The van der Waals surface area contributed by atoms with Crippen molar-refractivity contribution >= 4 is 5.78 Å². The van der Waals surface area contributed by atoms with Gasteiger partial charge in [0.25, 0.3) is 0 Å². The SMILES string of the molecule is Cc1oc(C)c(C(=O)Cc2ncnn2C(C)C)c1C. The highest BCUT2D eigenvalue weighted by molar-refractivity contribution is 5.99. The van der Waals surface area contributed by atoms with Crippen molar-refractivity contribution in [2.75, 3.05) is 0 Å². The van der Waals surface area contributed by atoms with Gasteiger partial charge >= 0.3 is 0 Å². The van der Waals surface area contributed by atoms with Gasteiger partial charge in [-0.3, -0.25) is 4.79 Å².